The van der Waals surface area contributed by atoms with E-state index in [0.29, 0.717) is 17.9 Å². The molecule has 0 spiro atoms. The molecule has 7 nitrogen and oxygen atoms in total. The highest BCUT2D eigenvalue weighted by molar-refractivity contribution is 5.69. The highest BCUT2D eigenvalue weighted by Crippen LogP contribution is 2.18. The molecule has 0 aliphatic rings. The minimum atomic E-state index is -0.971. The van der Waals surface area contributed by atoms with Crippen LogP contribution in [0.3, 0.4) is 0 Å². The van der Waals surface area contributed by atoms with Gasteiger partial charge < -0.3 is 14.8 Å². The van der Waals surface area contributed by atoms with Gasteiger partial charge in [0.15, 0.2) is 5.75 Å². The minimum absolute atomic E-state index is 0.148. The van der Waals surface area contributed by atoms with E-state index in [1.807, 2.05) is 12.1 Å². The maximum Gasteiger partial charge on any atom is 0.317 e. The zero-order chi connectivity index (χ0) is 17.0. The molecular formula is C16H19N3O4. The highest BCUT2D eigenvalue weighted by Gasteiger charge is 2.16. The summed E-state index contributed by atoms with van der Waals surface area (Å²) in [6, 6.07) is 5.07. The van der Waals surface area contributed by atoms with Crippen molar-refractivity contribution in [3.63, 3.8) is 0 Å². The molecule has 122 valence electrons. The smallest absolute Gasteiger partial charge is 0.317 e. The fourth-order valence-electron chi connectivity index (χ4n) is 2.42. The van der Waals surface area contributed by atoms with Crippen LogP contribution in [0, 0.1) is 6.92 Å². The average Bonchev–Trinajstić information content (AvgIpc) is 2.48. The highest BCUT2D eigenvalue weighted by atomic mass is 16.4. The second kappa shape index (κ2) is 7.06. The van der Waals surface area contributed by atoms with E-state index in [1.165, 1.54) is 11.0 Å². The van der Waals surface area contributed by atoms with Gasteiger partial charge in [0, 0.05) is 37.2 Å². The lowest BCUT2D eigenvalue weighted by Crippen LogP contribution is -2.28. The van der Waals surface area contributed by atoms with Crippen LogP contribution in [0.2, 0.25) is 0 Å². The topological polar surface area (TPSA) is 95.7 Å². The SMILES string of the molecule is Cc1cc(=O)c(O)c(CN(C)CC(=O)O)n1Cc1cccnc1. The molecule has 2 aromatic heterocycles. The molecule has 2 aromatic rings. The first kappa shape index (κ1) is 16.7. The monoisotopic (exact) mass is 317 g/mol. The summed E-state index contributed by atoms with van der Waals surface area (Å²) in [6.45, 7) is 2.17. The summed E-state index contributed by atoms with van der Waals surface area (Å²) >= 11 is 0. The van der Waals surface area contributed by atoms with Crippen LogP contribution < -0.4 is 5.43 Å². The summed E-state index contributed by atoms with van der Waals surface area (Å²) in [5, 5.41) is 19.0. The Balaban J connectivity index is 2.41. The average molecular weight is 317 g/mol. The van der Waals surface area contributed by atoms with Crippen molar-refractivity contribution in [2.24, 2.45) is 0 Å². The van der Waals surface area contributed by atoms with Gasteiger partial charge in [0.2, 0.25) is 5.43 Å². The summed E-state index contributed by atoms with van der Waals surface area (Å²) in [6.07, 6.45) is 3.38. The van der Waals surface area contributed by atoms with Gasteiger partial charge in [-0.1, -0.05) is 6.07 Å². The van der Waals surface area contributed by atoms with Gasteiger partial charge in [-0.2, -0.15) is 0 Å². The number of aryl methyl sites for hydroxylation is 1. The van der Waals surface area contributed by atoms with Crippen molar-refractivity contribution in [1.82, 2.24) is 14.5 Å². The van der Waals surface area contributed by atoms with Gasteiger partial charge in [0.1, 0.15) is 0 Å². The number of aromatic hydroxyl groups is 1. The van der Waals surface area contributed by atoms with Crippen LogP contribution >= 0.6 is 0 Å². The van der Waals surface area contributed by atoms with E-state index in [0.717, 1.165) is 5.56 Å². The van der Waals surface area contributed by atoms with Crippen LogP contribution in [0.15, 0.2) is 35.4 Å². The predicted octanol–water partition coefficient (Wildman–Crippen LogP) is 0.822. The van der Waals surface area contributed by atoms with Crippen LogP contribution in [0.25, 0.3) is 0 Å². The lowest BCUT2D eigenvalue weighted by molar-refractivity contribution is -0.138. The van der Waals surface area contributed by atoms with E-state index in [-0.39, 0.29) is 18.8 Å². The third kappa shape index (κ3) is 4.17. The van der Waals surface area contributed by atoms with Crippen molar-refractivity contribution >= 4 is 5.97 Å². The zero-order valence-electron chi connectivity index (χ0n) is 13.1. The van der Waals surface area contributed by atoms with E-state index in [1.54, 1.807) is 30.9 Å². The summed E-state index contributed by atoms with van der Waals surface area (Å²) in [4.78, 5) is 28.3. The van der Waals surface area contributed by atoms with Crippen molar-refractivity contribution < 1.29 is 15.0 Å². The first-order valence-corrected chi connectivity index (χ1v) is 7.10. The number of likely N-dealkylation sites (N-methyl/N-ethyl adjacent to an activating group) is 1. The van der Waals surface area contributed by atoms with Gasteiger partial charge in [-0.05, 0) is 25.6 Å². The van der Waals surface area contributed by atoms with Crippen LogP contribution in [-0.4, -0.2) is 44.2 Å². The van der Waals surface area contributed by atoms with Crippen molar-refractivity contribution in [2.75, 3.05) is 13.6 Å². The Morgan fingerprint density at radius 2 is 2.17 bits per heavy atom. The van der Waals surface area contributed by atoms with Crippen molar-refractivity contribution in [2.45, 2.75) is 20.0 Å². The number of hydrogen-bond acceptors (Lipinski definition) is 5. The number of rotatable bonds is 6. The first-order valence-electron chi connectivity index (χ1n) is 7.10. The summed E-state index contributed by atoms with van der Waals surface area (Å²) in [5.74, 6) is -1.32. The minimum Gasteiger partial charge on any atom is -0.503 e. The maximum absolute atomic E-state index is 11.9. The zero-order valence-corrected chi connectivity index (χ0v) is 13.1. The van der Waals surface area contributed by atoms with Crippen LogP contribution in [-0.2, 0) is 17.9 Å². The number of carboxylic acids is 1. The molecule has 7 heteroatoms. The molecule has 0 atom stereocenters. The van der Waals surface area contributed by atoms with Crippen LogP contribution in [0.5, 0.6) is 5.75 Å². The second-order valence-electron chi connectivity index (χ2n) is 5.46. The number of carbonyl (C=O) groups is 1. The molecule has 0 unspecified atom stereocenters. The Morgan fingerprint density at radius 3 is 2.78 bits per heavy atom. The molecule has 0 fully saturated rings. The van der Waals surface area contributed by atoms with Gasteiger partial charge >= 0.3 is 5.97 Å². The Morgan fingerprint density at radius 1 is 1.43 bits per heavy atom. The van der Waals surface area contributed by atoms with E-state index < -0.39 is 11.4 Å². The number of nitrogens with zero attached hydrogens (tertiary/aromatic N) is 3. The molecular weight excluding hydrogens is 298 g/mol. The lowest BCUT2D eigenvalue weighted by Gasteiger charge is -2.21. The van der Waals surface area contributed by atoms with E-state index in [9.17, 15) is 14.7 Å². The number of carboxylic acid groups (broad SMARTS) is 1. The number of pyridine rings is 2. The molecule has 0 aromatic carbocycles. The summed E-state index contributed by atoms with van der Waals surface area (Å²) in [7, 11) is 1.62. The molecule has 23 heavy (non-hydrogen) atoms. The second-order valence-corrected chi connectivity index (χ2v) is 5.46. The van der Waals surface area contributed by atoms with Crippen LogP contribution in [0.4, 0.5) is 0 Å². The molecule has 0 radical (unpaired) electrons. The standard InChI is InChI=1S/C16H19N3O4/c1-11-6-14(20)16(23)13(9-18(2)10-15(21)22)19(11)8-12-4-3-5-17-7-12/h3-7,23H,8-10H2,1-2H3,(H,21,22). The largest absolute Gasteiger partial charge is 0.503 e. The van der Waals surface area contributed by atoms with Gasteiger partial charge in [-0.15, -0.1) is 0 Å². The van der Waals surface area contributed by atoms with Crippen LogP contribution in [0.1, 0.15) is 17.0 Å². The van der Waals surface area contributed by atoms with Gasteiger partial charge in [-0.3, -0.25) is 19.5 Å². The molecule has 0 saturated heterocycles. The quantitative estimate of drug-likeness (QED) is 0.819. The number of aromatic nitrogens is 2. The Kier molecular flexibility index (Phi) is 5.13. The third-order valence-corrected chi connectivity index (χ3v) is 3.49. The first-order chi connectivity index (χ1) is 10.9. The van der Waals surface area contributed by atoms with Crippen molar-refractivity contribution in [3.8, 4) is 5.75 Å². The van der Waals surface area contributed by atoms with Crippen molar-refractivity contribution in [1.29, 1.82) is 0 Å². The Bertz CT molecular complexity index is 756. The van der Waals surface area contributed by atoms with Gasteiger partial charge in [-0.25, -0.2) is 0 Å². The van der Waals surface area contributed by atoms with Gasteiger partial charge in [0.05, 0.1) is 12.2 Å². The molecule has 2 N–H and O–H groups in total. The molecule has 0 saturated carbocycles. The molecule has 0 bridgehead atoms. The molecule has 2 rings (SSSR count). The number of hydrogen-bond donors (Lipinski definition) is 2. The normalized spacial score (nSPS) is 10.9. The van der Waals surface area contributed by atoms with E-state index >= 15 is 0 Å². The van der Waals surface area contributed by atoms with E-state index in [4.69, 9.17) is 5.11 Å². The van der Waals surface area contributed by atoms with Gasteiger partial charge in [0.25, 0.3) is 0 Å². The predicted molar refractivity (Wildman–Crippen MR) is 84.4 cm³/mol. The molecule has 0 aliphatic heterocycles. The molecule has 2 heterocycles. The Hall–Kier alpha value is -2.67. The summed E-state index contributed by atoms with van der Waals surface area (Å²) in [5.41, 5.74) is 1.53. The number of aliphatic carboxylic acids is 1. The summed E-state index contributed by atoms with van der Waals surface area (Å²) < 4.78 is 1.80. The fraction of sp³-hybridized carbons (Fsp3) is 0.312. The van der Waals surface area contributed by atoms with E-state index in [2.05, 4.69) is 4.98 Å². The molecule has 0 amide bonds. The fourth-order valence-corrected chi connectivity index (χ4v) is 2.42. The van der Waals surface area contributed by atoms with Crippen molar-refractivity contribution in [3.05, 3.63) is 57.8 Å². The Labute approximate surface area is 133 Å². The molecule has 0 aliphatic carbocycles. The third-order valence-electron chi connectivity index (χ3n) is 3.49. The maximum atomic E-state index is 11.9. The lowest BCUT2D eigenvalue weighted by atomic mass is 10.2.